The van der Waals surface area contributed by atoms with Crippen LogP contribution in [0.5, 0.6) is 0 Å². The van der Waals surface area contributed by atoms with E-state index in [9.17, 15) is 17.6 Å². The van der Waals surface area contributed by atoms with Gasteiger partial charge in [-0.25, -0.2) is 17.6 Å². The van der Waals surface area contributed by atoms with Crippen LogP contribution < -0.4 is 5.32 Å². The molecule has 4 nitrogen and oxygen atoms in total. The summed E-state index contributed by atoms with van der Waals surface area (Å²) in [6.45, 7) is 1.65. The number of rotatable bonds is 10. The number of hydrogen-bond acceptors (Lipinski definition) is 4. The van der Waals surface area contributed by atoms with E-state index in [0.29, 0.717) is 19.8 Å². The summed E-state index contributed by atoms with van der Waals surface area (Å²) in [6.07, 6.45) is 0. The van der Waals surface area contributed by atoms with Crippen molar-refractivity contribution in [3.63, 3.8) is 0 Å². The van der Waals surface area contributed by atoms with E-state index >= 15 is 0 Å². The zero-order chi connectivity index (χ0) is 15.7. The number of methoxy groups -OCH3 is 1. The Morgan fingerprint density at radius 3 is 1.95 bits per heavy atom. The van der Waals surface area contributed by atoms with Crippen LogP contribution in [0.1, 0.15) is 0 Å². The fraction of sp³-hybridized carbons (Fsp3) is 0.538. The smallest absolute Gasteiger partial charge is 0.185 e. The summed E-state index contributed by atoms with van der Waals surface area (Å²) in [5, 5.41) is 2.26. The van der Waals surface area contributed by atoms with Gasteiger partial charge in [0.25, 0.3) is 0 Å². The van der Waals surface area contributed by atoms with E-state index < -0.39 is 29.0 Å². The van der Waals surface area contributed by atoms with Gasteiger partial charge in [0.05, 0.1) is 33.0 Å². The Hall–Kier alpha value is -1.38. The van der Waals surface area contributed by atoms with Crippen molar-refractivity contribution in [1.29, 1.82) is 0 Å². The van der Waals surface area contributed by atoms with Crippen LogP contribution in [0.4, 0.5) is 23.2 Å². The van der Waals surface area contributed by atoms with E-state index in [2.05, 4.69) is 5.32 Å². The SMILES string of the molecule is COCCOCCOCCNc1c(F)c(F)cc(F)c1F. The van der Waals surface area contributed by atoms with E-state index in [1.54, 1.807) is 7.11 Å². The van der Waals surface area contributed by atoms with Crippen LogP contribution in [0.25, 0.3) is 0 Å². The van der Waals surface area contributed by atoms with Gasteiger partial charge in [0.15, 0.2) is 23.3 Å². The number of hydrogen-bond donors (Lipinski definition) is 1. The quantitative estimate of drug-likeness (QED) is 0.409. The normalized spacial score (nSPS) is 10.9. The lowest BCUT2D eigenvalue weighted by Gasteiger charge is -2.10. The number of benzene rings is 1. The lowest BCUT2D eigenvalue weighted by molar-refractivity contribution is 0.0272. The Morgan fingerprint density at radius 2 is 1.38 bits per heavy atom. The average Bonchev–Trinajstić information content (AvgIpc) is 2.46. The minimum Gasteiger partial charge on any atom is -0.382 e. The largest absolute Gasteiger partial charge is 0.382 e. The van der Waals surface area contributed by atoms with Gasteiger partial charge in [0, 0.05) is 19.7 Å². The highest BCUT2D eigenvalue weighted by Crippen LogP contribution is 2.23. The summed E-state index contributed by atoms with van der Waals surface area (Å²) in [5.74, 6) is -5.83. The van der Waals surface area contributed by atoms with Crippen molar-refractivity contribution in [1.82, 2.24) is 0 Å². The van der Waals surface area contributed by atoms with Crippen LogP contribution in [0, 0.1) is 23.3 Å². The predicted molar refractivity (Wildman–Crippen MR) is 68.3 cm³/mol. The number of anilines is 1. The van der Waals surface area contributed by atoms with Gasteiger partial charge in [-0.15, -0.1) is 0 Å². The summed E-state index contributed by atoms with van der Waals surface area (Å²) in [7, 11) is 1.55. The molecule has 0 atom stereocenters. The second-order valence-corrected chi connectivity index (χ2v) is 3.99. The molecule has 0 amide bonds. The molecule has 120 valence electrons. The first-order valence-electron chi connectivity index (χ1n) is 6.29. The topological polar surface area (TPSA) is 39.7 Å². The highest BCUT2D eigenvalue weighted by molar-refractivity contribution is 5.47. The average molecular weight is 311 g/mol. The van der Waals surface area contributed by atoms with Gasteiger partial charge in [-0.2, -0.15) is 0 Å². The van der Waals surface area contributed by atoms with Gasteiger partial charge in [-0.1, -0.05) is 0 Å². The first kappa shape index (κ1) is 17.7. The zero-order valence-corrected chi connectivity index (χ0v) is 11.6. The molecule has 0 bridgehead atoms. The Morgan fingerprint density at radius 1 is 0.857 bits per heavy atom. The maximum absolute atomic E-state index is 13.3. The van der Waals surface area contributed by atoms with Crippen LogP contribution in [-0.4, -0.2) is 46.7 Å². The Bertz CT molecular complexity index is 420. The molecule has 1 aromatic rings. The minimum atomic E-state index is -1.46. The van der Waals surface area contributed by atoms with Crippen molar-refractivity contribution in [2.24, 2.45) is 0 Å². The van der Waals surface area contributed by atoms with Crippen molar-refractivity contribution < 1.29 is 31.8 Å². The molecule has 1 N–H and O–H groups in total. The second kappa shape index (κ2) is 9.54. The Labute approximate surface area is 120 Å². The maximum Gasteiger partial charge on any atom is 0.185 e. The lowest BCUT2D eigenvalue weighted by Crippen LogP contribution is -2.15. The molecule has 0 saturated carbocycles. The minimum absolute atomic E-state index is 0.00515. The van der Waals surface area contributed by atoms with Crippen LogP contribution in [0.3, 0.4) is 0 Å². The molecule has 0 unspecified atom stereocenters. The van der Waals surface area contributed by atoms with Crippen molar-refractivity contribution in [2.75, 3.05) is 52.0 Å². The molecule has 0 spiro atoms. The zero-order valence-electron chi connectivity index (χ0n) is 11.6. The van der Waals surface area contributed by atoms with Crippen LogP contribution in [0.2, 0.25) is 0 Å². The van der Waals surface area contributed by atoms with E-state index in [1.165, 1.54) is 0 Å². The van der Waals surface area contributed by atoms with Crippen LogP contribution in [0.15, 0.2) is 6.07 Å². The monoisotopic (exact) mass is 311 g/mol. The first-order chi connectivity index (χ1) is 10.1. The highest BCUT2D eigenvalue weighted by Gasteiger charge is 2.18. The summed E-state index contributed by atoms with van der Waals surface area (Å²) >= 11 is 0. The molecule has 0 radical (unpaired) electrons. The molecular formula is C13H17F4NO3. The standard InChI is InChI=1S/C13H17F4NO3/c1-19-4-5-21-7-6-20-3-2-18-13-11(16)9(14)8-10(15)12(13)17/h8,18H,2-7H2,1H3. The van der Waals surface area contributed by atoms with E-state index in [0.717, 1.165) is 0 Å². The number of halogens is 4. The summed E-state index contributed by atoms with van der Waals surface area (Å²) < 4.78 is 67.4. The van der Waals surface area contributed by atoms with E-state index in [1.807, 2.05) is 0 Å². The summed E-state index contributed by atoms with van der Waals surface area (Å²) in [4.78, 5) is 0. The first-order valence-corrected chi connectivity index (χ1v) is 6.29. The molecule has 21 heavy (non-hydrogen) atoms. The third-order valence-corrected chi connectivity index (χ3v) is 2.46. The van der Waals surface area contributed by atoms with E-state index in [4.69, 9.17) is 14.2 Å². The fourth-order valence-electron chi connectivity index (χ4n) is 1.44. The Kier molecular flexibility index (Phi) is 8.03. The molecule has 0 fully saturated rings. The summed E-state index contributed by atoms with van der Waals surface area (Å²) in [6, 6.07) is 0.156. The molecule has 8 heteroatoms. The number of ether oxygens (including phenoxy) is 3. The van der Waals surface area contributed by atoms with Crippen molar-refractivity contribution in [3.05, 3.63) is 29.3 Å². The van der Waals surface area contributed by atoms with Crippen molar-refractivity contribution >= 4 is 5.69 Å². The number of nitrogens with one attached hydrogen (secondary N) is 1. The molecule has 0 aliphatic heterocycles. The molecule has 0 aromatic heterocycles. The highest BCUT2D eigenvalue weighted by atomic mass is 19.2. The maximum atomic E-state index is 13.3. The van der Waals surface area contributed by atoms with Crippen molar-refractivity contribution in [3.8, 4) is 0 Å². The predicted octanol–water partition coefficient (Wildman–Crippen LogP) is 2.33. The third-order valence-electron chi connectivity index (χ3n) is 2.46. The Balaban J connectivity index is 2.24. The summed E-state index contributed by atoms with van der Waals surface area (Å²) in [5.41, 5.74) is -0.840. The lowest BCUT2D eigenvalue weighted by atomic mass is 10.2. The van der Waals surface area contributed by atoms with E-state index in [-0.39, 0.29) is 25.8 Å². The molecular weight excluding hydrogens is 294 g/mol. The molecule has 0 aliphatic rings. The fourth-order valence-corrected chi connectivity index (χ4v) is 1.44. The molecule has 0 heterocycles. The molecule has 0 aliphatic carbocycles. The van der Waals surface area contributed by atoms with Crippen molar-refractivity contribution in [2.45, 2.75) is 0 Å². The van der Waals surface area contributed by atoms with Gasteiger partial charge in [-0.05, 0) is 0 Å². The second-order valence-electron chi connectivity index (χ2n) is 3.99. The molecule has 1 rings (SSSR count). The molecule has 1 aromatic carbocycles. The van der Waals surface area contributed by atoms with Gasteiger partial charge in [0.2, 0.25) is 0 Å². The van der Waals surface area contributed by atoms with Crippen LogP contribution in [-0.2, 0) is 14.2 Å². The third kappa shape index (κ3) is 5.86. The van der Waals surface area contributed by atoms with Crippen LogP contribution >= 0.6 is 0 Å². The van der Waals surface area contributed by atoms with Gasteiger partial charge < -0.3 is 19.5 Å². The van der Waals surface area contributed by atoms with Gasteiger partial charge >= 0.3 is 0 Å². The van der Waals surface area contributed by atoms with Gasteiger partial charge in [0.1, 0.15) is 5.69 Å². The molecule has 0 saturated heterocycles. The van der Waals surface area contributed by atoms with Gasteiger partial charge in [-0.3, -0.25) is 0 Å².